The van der Waals surface area contributed by atoms with Gasteiger partial charge in [0, 0.05) is 11.4 Å². The van der Waals surface area contributed by atoms with Crippen molar-refractivity contribution >= 4 is 55.4 Å². The van der Waals surface area contributed by atoms with Gasteiger partial charge in [0.25, 0.3) is 10.0 Å². The Labute approximate surface area is 210 Å². The van der Waals surface area contributed by atoms with Gasteiger partial charge in [-0.05, 0) is 89.9 Å². The summed E-state index contributed by atoms with van der Waals surface area (Å²) in [7, 11) is -3.74. The molecule has 4 aromatic carbocycles. The molecule has 3 N–H and O–H groups in total. The third kappa shape index (κ3) is 6.03. The molecule has 4 rings (SSSR count). The van der Waals surface area contributed by atoms with Crippen LogP contribution in [0.4, 0.5) is 11.4 Å². The Hall–Kier alpha value is -3.75. The van der Waals surface area contributed by atoms with Gasteiger partial charge in [-0.15, -0.1) is 0 Å². The number of benzene rings is 4. The predicted molar refractivity (Wildman–Crippen MR) is 145 cm³/mol. The van der Waals surface area contributed by atoms with E-state index in [0.717, 1.165) is 27.5 Å². The minimum absolute atomic E-state index is 0.118. The minimum Gasteiger partial charge on any atom is -0.332 e. The first-order valence-electron chi connectivity index (χ1n) is 11.0. The van der Waals surface area contributed by atoms with Crippen LogP contribution >= 0.6 is 12.2 Å². The van der Waals surface area contributed by atoms with Crippen molar-refractivity contribution in [3.8, 4) is 0 Å². The lowest BCUT2D eigenvalue weighted by molar-refractivity contribution is -0.119. The SMILES string of the molecule is Cc1ccc(NS(=O)(=O)c2ccc(NC(=S)NC(=O)Cc3cccc4ccccc34)cc2)cc1C. The topological polar surface area (TPSA) is 87.3 Å². The van der Waals surface area contributed by atoms with Crippen molar-refractivity contribution in [2.75, 3.05) is 10.0 Å². The molecule has 0 aromatic heterocycles. The van der Waals surface area contributed by atoms with Crippen LogP contribution in [-0.2, 0) is 21.2 Å². The molecule has 0 heterocycles. The van der Waals surface area contributed by atoms with E-state index < -0.39 is 10.0 Å². The van der Waals surface area contributed by atoms with Gasteiger partial charge in [0.2, 0.25) is 5.91 Å². The first kappa shape index (κ1) is 24.4. The maximum atomic E-state index is 12.7. The second kappa shape index (κ2) is 10.2. The van der Waals surface area contributed by atoms with E-state index in [2.05, 4.69) is 15.4 Å². The lowest BCUT2D eigenvalue weighted by Crippen LogP contribution is -2.35. The third-order valence-corrected chi connectivity index (χ3v) is 7.27. The molecular formula is C27H25N3O3S2. The quantitative estimate of drug-likeness (QED) is 0.310. The van der Waals surface area contributed by atoms with E-state index in [4.69, 9.17) is 12.2 Å². The third-order valence-electron chi connectivity index (χ3n) is 5.67. The van der Waals surface area contributed by atoms with Gasteiger partial charge in [0.05, 0.1) is 11.3 Å². The summed E-state index contributed by atoms with van der Waals surface area (Å²) in [6.45, 7) is 3.90. The number of nitrogens with one attached hydrogen (secondary N) is 3. The molecule has 0 bridgehead atoms. The lowest BCUT2D eigenvalue weighted by Gasteiger charge is -2.12. The van der Waals surface area contributed by atoms with Crippen molar-refractivity contribution < 1.29 is 13.2 Å². The van der Waals surface area contributed by atoms with E-state index in [-0.39, 0.29) is 22.3 Å². The molecule has 0 aliphatic rings. The van der Waals surface area contributed by atoms with Gasteiger partial charge in [-0.25, -0.2) is 8.42 Å². The van der Waals surface area contributed by atoms with Gasteiger partial charge in [-0.1, -0.05) is 48.5 Å². The summed E-state index contributed by atoms with van der Waals surface area (Å²) in [6, 6.07) is 25.3. The molecule has 178 valence electrons. The van der Waals surface area contributed by atoms with Crippen molar-refractivity contribution in [2.24, 2.45) is 0 Å². The lowest BCUT2D eigenvalue weighted by atomic mass is 10.0. The molecule has 6 nitrogen and oxygen atoms in total. The molecule has 0 spiro atoms. The molecule has 0 saturated heterocycles. The number of thiocarbonyl (C=S) groups is 1. The fraction of sp³-hybridized carbons (Fsp3) is 0.111. The van der Waals surface area contributed by atoms with Gasteiger partial charge in [-0.3, -0.25) is 9.52 Å². The first-order valence-corrected chi connectivity index (χ1v) is 12.9. The second-order valence-electron chi connectivity index (χ2n) is 8.25. The molecule has 0 saturated carbocycles. The standard InChI is InChI=1S/C27H25N3O3S2/c1-18-10-11-23(16-19(18)2)30-35(32,33)24-14-12-22(13-15-24)28-27(34)29-26(31)17-21-8-5-7-20-6-3-4-9-25(20)21/h3-16,30H,17H2,1-2H3,(H2,28,29,31,34). The summed E-state index contributed by atoms with van der Waals surface area (Å²) in [5, 5.41) is 7.83. The Morgan fingerprint density at radius 1 is 0.829 bits per heavy atom. The van der Waals surface area contributed by atoms with E-state index in [1.54, 1.807) is 24.3 Å². The zero-order chi connectivity index (χ0) is 25.0. The number of sulfonamides is 1. The smallest absolute Gasteiger partial charge is 0.261 e. The molecule has 8 heteroatoms. The number of anilines is 2. The normalized spacial score (nSPS) is 11.1. The molecule has 0 fully saturated rings. The molecule has 0 aliphatic carbocycles. The van der Waals surface area contributed by atoms with Crippen LogP contribution in [0, 0.1) is 13.8 Å². The molecule has 0 aliphatic heterocycles. The highest BCUT2D eigenvalue weighted by Gasteiger charge is 2.15. The first-order chi connectivity index (χ1) is 16.7. The number of aryl methyl sites for hydroxylation is 2. The molecule has 0 radical (unpaired) electrons. The van der Waals surface area contributed by atoms with Crippen molar-refractivity contribution in [3.05, 3.63) is 102 Å². The predicted octanol–water partition coefficient (Wildman–Crippen LogP) is 5.31. The summed E-state index contributed by atoms with van der Waals surface area (Å²) in [4.78, 5) is 12.7. The van der Waals surface area contributed by atoms with Gasteiger partial charge in [0.1, 0.15) is 0 Å². The average molecular weight is 504 g/mol. The van der Waals surface area contributed by atoms with Crippen molar-refractivity contribution in [2.45, 2.75) is 25.2 Å². The molecule has 4 aromatic rings. The molecule has 35 heavy (non-hydrogen) atoms. The van der Waals surface area contributed by atoms with E-state index >= 15 is 0 Å². The number of carbonyl (C=O) groups is 1. The van der Waals surface area contributed by atoms with Crippen LogP contribution in [0.15, 0.2) is 89.8 Å². The van der Waals surface area contributed by atoms with E-state index in [9.17, 15) is 13.2 Å². The van der Waals surface area contributed by atoms with Crippen LogP contribution in [0.25, 0.3) is 10.8 Å². The largest absolute Gasteiger partial charge is 0.332 e. The molecule has 0 atom stereocenters. The number of amides is 1. The minimum atomic E-state index is -3.74. The fourth-order valence-corrected chi connectivity index (χ4v) is 4.97. The van der Waals surface area contributed by atoms with Crippen LogP contribution in [0.5, 0.6) is 0 Å². The van der Waals surface area contributed by atoms with Gasteiger partial charge >= 0.3 is 0 Å². The van der Waals surface area contributed by atoms with Crippen molar-refractivity contribution in [1.82, 2.24) is 5.32 Å². The number of hydrogen-bond donors (Lipinski definition) is 3. The van der Waals surface area contributed by atoms with E-state index in [1.165, 1.54) is 12.1 Å². The Balaban J connectivity index is 1.36. The van der Waals surface area contributed by atoms with Gasteiger partial charge in [-0.2, -0.15) is 0 Å². The van der Waals surface area contributed by atoms with Crippen LogP contribution in [-0.4, -0.2) is 19.4 Å². The number of rotatable bonds is 6. The highest BCUT2D eigenvalue weighted by molar-refractivity contribution is 7.92. The number of fused-ring (bicyclic) bond motifs is 1. The highest BCUT2D eigenvalue weighted by Crippen LogP contribution is 2.21. The van der Waals surface area contributed by atoms with Crippen molar-refractivity contribution in [1.29, 1.82) is 0 Å². The van der Waals surface area contributed by atoms with Crippen LogP contribution < -0.4 is 15.4 Å². The maximum Gasteiger partial charge on any atom is 0.261 e. The fourth-order valence-electron chi connectivity index (χ4n) is 3.69. The zero-order valence-corrected chi connectivity index (χ0v) is 21.0. The zero-order valence-electron chi connectivity index (χ0n) is 19.3. The summed E-state index contributed by atoms with van der Waals surface area (Å²) < 4.78 is 28.1. The summed E-state index contributed by atoms with van der Waals surface area (Å²) >= 11 is 5.27. The van der Waals surface area contributed by atoms with Crippen LogP contribution in [0.3, 0.4) is 0 Å². The highest BCUT2D eigenvalue weighted by atomic mass is 32.2. The summed E-state index contributed by atoms with van der Waals surface area (Å²) in [6.07, 6.45) is 0.185. The van der Waals surface area contributed by atoms with Crippen LogP contribution in [0.2, 0.25) is 0 Å². The summed E-state index contributed by atoms with van der Waals surface area (Å²) in [5.41, 5.74) is 4.06. The number of hydrogen-bond acceptors (Lipinski definition) is 4. The Morgan fingerprint density at radius 2 is 1.51 bits per heavy atom. The molecule has 1 amide bonds. The monoisotopic (exact) mass is 503 g/mol. The Bertz CT molecular complexity index is 1510. The average Bonchev–Trinajstić information content (AvgIpc) is 2.82. The summed E-state index contributed by atoms with van der Waals surface area (Å²) in [5.74, 6) is -0.240. The number of carbonyl (C=O) groups excluding carboxylic acids is 1. The van der Waals surface area contributed by atoms with E-state index in [1.807, 2.05) is 62.4 Å². The second-order valence-corrected chi connectivity index (χ2v) is 10.3. The van der Waals surface area contributed by atoms with Gasteiger partial charge in [0.15, 0.2) is 5.11 Å². The molecule has 0 unspecified atom stereocenters. The maximum absolute atomic E-state index is 12.7. The van der Waals surface area contributed by atoms with Crippen LogP contribution in [0.1, 0.15) is 16.7 Å². The van der Waals surface area contributed by atoms with Crippen molar-refractivity contribution in [3.63, 3.8) is 0 Å². The van der Waals surface area contributed by atoms with E-state index in [0.29, 0.717) is 11.4 Å². The van der Waals surface area contributed by atoms with Gasteiger partial charge < -0.3 is 10.6 Å². The Morgan fingerprint density at radius 3 is 2.26 bits per heavy atom. The molecular weight excluding hydrogens is 478 g/mol. The Kier molecular flexibility index (Phi) is 7.14.